The van der Waals surface area contributed by atoms with Crippen LogP contribution in [-0.4, -0.2) is 48.8 Å². The van der Waals surface area contributed by atoms with Crippen LogP contribution in [0.15, 0.2) is 66.7 Å². The van der Waals surface area contributed by atoms with E-state index in [-0.39, 0.29) is 30.4 Å². The first kappa shape index (κ1) is 24.8. The summed E-state index contributed by atoms with van der Waals surface area (Å²) in [5, 5.41) is 12.9. The average Bonchev–Trinajstić information content (AvgIpc) is 2.86. The number of benzene rings is 3. The topological polar surface area (TPSA) is 71.0 Å². The number of anilines is 1. The number of allylic oxidation sites excluding steroid dienone is 1. The van der Waals surface area contributed by atoms with Gasteiger partial charge in [0.1, 0.15) is 30.0 Å². The van der Waals surface area contributed by atoms with Gasteiger partial charge in [0.05, 0.1) is 6.67 Å². The van der Waals surface area contributed by atoms with Crippen LogP contribution >= 0.6 is 0 Å². The van der Waals surface area contributed by atoms with Crippen molar-refractivity contribution >= 4 is 22.7 Å². The first-order valence-corrected chi connectivity index (χ1v) is 12.5. The summed E-state index contributed by atoms with van der Waals surface area (Å²) in [7, 11) is 0. The summed E-state index contributed by atoms with van der Waals surface area (Å²) >= 11 is 0. The van der Waals surface area contributed by atoms with Crippen molar-refractivity contribution in [3.05, 3.63) is 83.4 Å². The summed E-state index contributed by atoms with van der Waals surface area (Å²) in [4.78, 5) is 13.6. The van der Waals surface area contributed by atoms with Crippen molar-refractivity contribution in [1.82, 2.24) is 4.90 Å². The molecule has 2 heterocycles. The van der Waals surface area contributed by atoms with Crippen molar-refractivity contribution in [3.8, 4) is 17.2 Å². The van der Waals surface area contributed by atoms with E-state index >= 15 is 0 Å². The largest absolute Gasteiger partial charge is 0.508 e. The van der Waals surface area contributed by atoms with Gasteiger partial charge in [0.2, 0.25) is 5.91 Å². The molecule has 2 aliphatic rings. The van der Waals surface area contributed by atoms with E-state index in [1.807, 2.05) is 55.5 Å². The molecule has 7 heteroatoms. The van der Waals surface area contributed by atoms with Gasteiger partial charge in [-0.1, -0.05) is 24.3 Å². The number of halogens is 1. The molecule has 1 saturated heterocycles. The van der Waals surface area contributed by atoms with E-state index in [0.29, 0.717) is 12.4 Å². The monoisotopic (exact) mass is 502 g/mol. The fraction of sp³-hybridized carbons (Fsp3) is 0.300. The fourth-order valence-corrected chi connectivity index (χ4v) is 4.97. The number of carbonyl (C=O) groups excluding carboxylic acids is 1. The minimum Gasteiger partial charge on any atom is -0.508 e. The molecule has 1 amide bonds. The van der Waals surface area contributed by atoms with Gasteiger partial charge >= 0.3 is 0 Å². The van der Waals surface area contributed by atoms with Gasteiger partial charge in [-0.05, 0) is 66.1 Å². The first-order chi connectivity index (χ1) is 17.9. The van der Waals surface area contributed by atoms with Crippen molar-refractivity contribution in [2.45, 2.75) is 20.0 Å². The number of carbonyl (C=O) groups is 1. The summed E-state index contributed by atoms with van der Waals surface area (Å²) < 4.78 is 25.0. The third kappa shape index (κ3) is 5.47. The summed E-state index contributed by atoms with van der Waals surface area (Å²) in [5.74, 6) is 1.72. The molecule has 2 N–H and O–H groups in total. The summed E-state index contributed by atoms with van der Waals surface area (Å²) in [5.41, 5.74) is 5.50. The normalized spacial score (nSPS) is 17.5. The molecule has 3 aromatic rings. The molecule has 192 valence electrons. The molecule has 3 aromatic carbocycles. The van der Waals surface area contributed by atoms with E-state index in [1.165, 1.54) is 6.92 Å². The predicted molar refractivity (Wildman–Crippen MR) is 143 cm³/mol. The predicted octanol–water partition coefficient (Wildman–Crippen LogP) is 5.70. The van der Waals surface area contributed by atoms with Crippen molar-refractivity contribution in [1.29, 1.82) is 0 Å². The van der Waals surface area contributed by atoms with Gasteiger partial charge in [-0.15, -0.1) is 0 Å². The fourth-order valence-electron chi connectivity index (χ4n) is 4.97. The molecule has 0 bridgehead atoms. The molecule has 0 unspecified atom stereocenters. The van der Waals surface area contributed by atoms with E-state index in [1.54, 1.807) is 18.2 Å². The van der Waals surface area contributed by atoms with Crippen molar-refractivity contribution in [2.24, 2.45) is 5.92 Å². The number of fused-ring (bicyclic) bond motifs is 1. The molecule has 2 aliphatic heterocycles. The molecule has 0 radical (unpaired) electrons. The van der Waals surface area contributed by atoms with Gasteiger partial charge in [0.25, 0.3) is 0 Å². The number of amides is 1. The van der Waals surface area contributed by atoms with Crippen LogP contribution in [0, 0.1) is 5.92 Å². The zero-order chi connectivity index (χ0) is 25.9. The van der Waals surface area contributed by atoms with E-state index in [9.17, 15) is 14.3 Å². The maximum atomic E-state index is 12.6. The number of aromatic hydroxyl groups is 1. The molecular weight excluding hydrogens is 471 g/mol. The number of phenols is 1. The molecule has 1 fully saturated rings. The Bertz CT molecular complexity index is 1300. The van der Waals surface area contributed by atoms with Gasteiger partial charge in [-0.25, -0.2) is 0 Å². The lowest BCUT2D eigenvalue weighted by Gasteiger charge is -2.37. The Labute approximate surface area is 216 Å². The molecule has 0 aromatic heterocycles. The Morgan fingerprint density at radius 3 is 2.51 bits per heavy atom. The first-order valence-electron chi connectivity index (χ1n) is 12.5. The molecule has 37 heavy (non-hydrogen) atoms. The van der Waals surface area contributed by atoms with Gasteiger partial charge in [-0.2, -0.15) is 0 Å². The lowest BCUT2D eigenvalue weighted by atomic mass is 9.86. The van der Waals surface area contributed by atoms with Crippen LogP contribution in [0.2, 0.25) is 0 Å². The third-order valence-electron chi connectivity index (χ3n) is 6.90. The van der Waals surface area contributed by atoms with Gasteiger partial charge in [-0.3, -0.25) is 14.1 Å². The van der Waals surface area contributed by atoms with E-state index < -0.39 is 0 Å². The zero-order valence-corrected chi connectivity index (χ0v) is 21.0. The number of phenolic OH excluding ortho intramolecular Hbond substituents is 1. The quantitative estimate of drug-likeness (QED) is 0.414. The Hall–Kier alpha value is -3.84. The number of nitrogens with zero attached hydrogens (tertiary/aromatic N) is 1. The minimum atomic E-state index is -0.364. The van der Waals surface area contributed by atoms with Crippen molar-refractivity contribution in [2.75, 3.05) is 38.2 Å². The number of ether oxygens (including phenoxy) is 2. The SMILES string of the molecule is CC(=O)Nc1ccc(C2=C(C)c3cc(O)ccc3O[C@@H]2c2ccc(OCCN3CC(CF)C3)cc2)cc1. The molecule has 0 spiro atoms. The number of hydrogen-bond acceptors (Lipinski definition) is 5. The Balaban J connectivity index is 1.38. The number of likely N-dealkylation sites (tertiary alicyclic amines) is 1. The average molecular weight is 503 g/mol. The van der Waals surface area contributed by atoms with Gasteiger partial charge in [0, 0.05) is 49.3 Å². The number of alkyl halides is 1. The van der Waals surface area contributed by atoms with Crippen molar-refractivity contribution in [3.63, 3.8) is 0 Å². The Morgan fingerprint density at radius 1 is 1.11 bits per heavy atom. The standard InChI is InChI=1S/C30H31FN2O4/c1-19-27-15-25(35)9-12-28(27)37-30(29(19)22-3-7-24(8-4-22)32-20(2)34)23-5-10-26(11-6-23)36-14-13-33-17-21(16-31)18-33/h3-12,15,21,30,35H,13-14,16-18H2,1-2H3,(H,32,34)/t30-/m1/s1. The van der Waals surface area contributed by atoms with E-state index in [2.05, 4.69) is 10.2 Å². The van der Waals surface area contributed by atoms with Crippen LogP contribution in [0.4, 0.5) is 10.1 Å². The zero-order valence-electron chi connectivity index (χ0n) is 21.0. The second-order valence-electron chi connectivity index (χ2n) is 9.67. The molecule has 6 nitrogen and oxygen atoms in total. The summed E-state index contributed by atoms with van der Waals surface area (Å²) in [6.07, 6.45) is -0.364. The molecular formula is C30H31FN2O4. The van der Waals surface area contributed by atoms with Crippen LogP contribution in [-0.2, 0) is 4.79 Å². The Kier molecular flexibility index (Phi) is 7.15. The second-order valence-corrected chi connectivity index (χ2v) is 9.67. The molecule has 1 atom stereocenters. The number of nitrogens with one attached hydrogen (secondary N) is 1. The highest BCUT2D eigenvalue weighted by Gasteiger charge is 2.30. The minimum absolute atomic E-state index is 0.123. The smallest absolute Gasteiger partial charge is 0.221 e. The summed E-state index contributed by atoms with van der Waals surface area (Å²) in [6, 6.07) is 20.7. The van der Waals surface area contributed by atoms with Crippen LogP contribution in [0.3, 0.4) is 0 Å². The summed E-state index contributed by atoms with van der Waals surface area (Å²) in [6.45, 7) is 6.22. The maximum absolute atomic E-state index is 12.6. The molecule has 0 aliphatic carbocycles. The van der Waals surface area contributed by atoms with Gasteiger partial charge < -0.3 is 19.9 Å². The van der Waals surface area contributed by atoms with E-state index in [0.717, 1.165) is 58.9 Å². The second kappa shape index (κ2) is 10.6. The number of rotatable bonds is 8. The van der Waals surface area contributed by atoms with E-state index in [4.69, 9.17) is 9.47 Å². The Morgan fingerprint density at radius 2 is 1.84 bits per heavy atom. The van der Waals surface area contributed by atoms with Crippen LogP contribution in [0.1, 0.15) is 36.6 Å². The lowest BCUT2D eigenvalue weighted by Crippen LogP contribution is -2.49. The van der Waals surface area contributed by atoms with Gasteiger partial charge in [0.15, 0.2) is 0 Å². The van der Waals surface area contributed by atoms with Crippen LogP contribution in [0.25, 0.3) is 11.1 Å². The highest BCUT2D eigenvalue weighted by molar-refractivity contribution is 5.96. The third-order valence-corrected chi connectivity index (χ3v) is 6.90. The van der Waals surface area contributed by atoms with Crippen molar-refractivity contribution < 1.29 is 23.8 Å². The molecule has 5 rings (SSSR count). The highest BCUT2D eigenvalue weighted by Crippen LogP contribution is 2.47. The lowest BCUT2D eigenvalue weighted by molar-refractivity contribution is -0.114. The van der Waals surface area contributed by atoms with Crippen LogP contribution in [0.5, 0.6) is 17.2 Å². The highest BCUT2D eigenvalue weighted by atomic mass is 19.1. The maximum Gasteiger partial charge on any atom is 0.221 e. The molecule has 0 saturated carbocycles. The van der Waals surface area contributed by atoms with Crippen LogP contribution < -0.4 is 14.8 Å². The number of hydrogen-bond donors (Lipinski definition) is 2.